The largest absolute Gasteiger partial charge is 1.00 e. The van der Waals surface area contributed by atoms with Crippen molar-refractivity contribution in [2.45, 2.75) is 109 Å². The Bertz CT molecular complexity index is 684. The summed E-state index contributed by atoms with van der Waals surface area (Å²) in [5.74, 6) is 6.65. The number of aldehydes is 1. The van der Waals surface area contributed by atoms with Crippen molar-refractivity contribution in [1.82, 2.24) is 0 Å². The van der Waals surface area contributed by atoms with Gasteiger partial charge in [0.2, 0.25) is 0 Å². The Labute approximate surface area is 282 Å². The molecule has 0 spiro atoms. The van der Waals surface area contributed by atoms with Gasteiger partial charge in [0.1, 0.15) is 34.6 Å². The number of hydrogen-bond acceptors (Lipinski definition) is 4. The fourth-order valence-corrected chi connectivity index (χ4v) is 3.21. The maximum absolute atomic E-state index is 9.79. The fraction of sp³-hybridized carbons (Fsp3) is 0.750. The first-order valence-electron chi connectivity index (χ1n) is 12.6. The predicted octanol–water partition coefficient (Wildman–Crippen LogP) is -1.09. The van der Waals surface area contributed by atoms with E-state index < -0.39 is 22.3 Å². The van der Waals surface area contributed by atoms with Crippen molar-refractivity contribution in [3.8, 4) is 35.8 Å². The second kappa shape index (κ2) is 24.7. The minimum Gasteiger partial charge on any atom is -1.00 e. The summed E-state index contributed by atoms with van der Waals surface area (Å²) < 4.78 is 0. The van der Waals surface area contributed by atoms with Crippen LogP contribution in [0.25, 0.3) is 0 Å². The van der Waals surface area contributed by atoms with Crippen molar-refractivity contribution < 1.29 is 93.7 Å². The standard InChI is InChI=1S/C10H18OSi.C7H10O.C5H8O.C5H10Si.CH4O.Cs.FH/c1-12(2,3)8-7-10(11)9-5-4-6-9;1-2-7(8)6-4-3-5-6;6-4-5-2-1-3-5;1-5-6(2,3)4;1-2;;/h9-11H,4-6H2,1-3H3;1,6-8H,3-5H2;4-5H,1-3H2;1H,2-4H3;2H,1H3;;1H/q;;;;;+1;/p-1. The van der Waals surface area contributed by atoms with E-state index in [2.05, 4.69) is 62.2 Å². The summed E-state index contributed by atoms with van der Waals surface area (Å²) in [5.41, 5.74) is 5.95. The molecule has 3 aliphatic carbocycles. The van der Waals surface area contributed by atoms with Gasteiger partial charge in [0.05, 0.1) is 0 Å². The topological polar surface area (TPSA) is 77.8 Å². The summed E-state index contributed by atoms with van der Waals surface area (Å²) in [7, 11) is -1.38. The van der Waals surface area contributed by atoms with Crippen LogP contribution in [0.4, 0.5) is 0 Å². The number of carbonyl (C=O) groups is 1. The molecule has 3 rings (SSSR count). The smallest absolute Gasteiger partial charge is 1.00 e. The van der Waals surface area contributed by atoms with Crippen LogP contribution in [0, 0.1) is 53.5 Å². The van der Waals surface area contributed by atoms with Gasteiger partial charge in [0.25, 0.3) is 0 Å². The van der Waals surface area contributed by atoms with E-state index in [-0.39, 0.29) is 79.7 Å². The minimum absolute atomic E-state index is 0. The van der Waals surface area contributed by atoms with Crippen LogP contribution in [0.3, 0.4) is 0 Å². The molecule has 0 bridgehead atoms. The Morgan fingerprint density at radius 1 is 0.778 bits per heavy atom. The Morgan fingerprint density at radius 3 is 1.28 bits per heavy atom. The van der Waals surface area contributed by atoms with Gasteiger partial charge in [-0.1, -0.05) is 70.4 Å². The summed E-state index contributed by atoms with van der Waals surface area (Å²) in [4.78, 5) is 9.79. The minimum atomic E-state index is -1.28. The van der Waals surface area contributed by atoms with E-state index in [4.69, 9.17) is 23.1 Å². The zero-order valence-electron chi connectivity index (χ0n) is 24.1. The van der Waals surface area contributed by atoms with E-state index in [1.807, 2.05) is 0 Å². The van der Waals surface area contributed by atoms with Crippen LogP contribution in [0.15, 0.2) is 0 Å². The first-order valence-corrected chi connectivity index (χ1v) is 19.6. The normalized spacial score (nSPS) is 17.8. The van der Waals surface area contributed by atoms with Gasteiger partial charge in [0, 0.05) is 13.0 Å². The number of aliphatic hydroxyl groups excluding tert-OH is 3. The third-order valence-electron chi connectivity index (χ3n) is 5.73. The van der Waals surface area contributed by atoms with E-state index in [1.54, 1.807) is 0 Å². The first-order chi connectivity index (χ1) is 15.8. The monoisotopic (exact) mass is 658 g/mol. The molecule has 8 heteroatoms. The summed E-state index contributed by atoms with van der Waals surface area (Å²) in [6, 6.07) is 0. The van der Waals surface area contributed by atoms with E-state index in [0.29, 0.717) is 17.8 Å². The molecule has 0 aromatic heterocycles. The van der Waals surface area contributed by atoms with Crippen molar-refractivity contribution in [1.29, 1.82) is 0 Å². The van der Waals surface area contributed by atoms with Crippen LogP contribution >= 0.6 is 0 Å². The zero-order chi connectivity index (χ0) is 26.8. The second-order valence-electron chi connectivity index (χ2n) is 11.2. The molecule has 0 aromatic carbocycles. The third-order valence-corrected chi connectivity index (χ3v) is 7.49. The van der Waals surface area contributed by atoms with E-state index in [1.165, 1.54) is 32.1 Å². The van der Waals surface area contributed by atoms with Gasteiger partial charge < -0.3 is 24.8 Å². The second-order valence-corrected chi connectivity index (χ2v) is 20.7. The molecule has 2 atom stereocenters. The molecule has 0 heterocycles. The van der Waals surface area contributed by atoms with Gasteiger partial charge >= 0.3 is 68.9 Å². The molecule has 0 aromatic rings. The SMILES string of the molecule is C#CC(O)C1CCC1.C#C[Si](C)(C)C.CO.C[Si](C)(C)C#CC(O)C1CCC1.O=CC1CCC1.[Cs+].[F-]. The Morgan fingerprint density at radius 2 is 1.14 bits per heavy atom. The van der Waals surface area contributed by atoms with Crippen LogP contribution in [-0.2, 0) is 4.79 Å². The molecule has 3 fully saturated rings. The molecule has 4 nitrogen and oxygen atoms in total. The number of terminal acetylenes is 2. The van der Waals surface area contributed by atoms with Gasteiger partial charge in [-0.3, -0.25) is 0 Å². The Balaban J connectivity index is -0.000000189. The molecule has 0 saturated heterocycles. The molecule has 3 aliphatic rings. The van der Waals surface area contributed by atoms with Gasteiger partial charge in [-0.25, -0.2) is 0 Å². The number of rotatable bonds is 3. The average molecular weight is 659 g/mol. The van der Waals surface area contributed by atoms with E-state index in [0.717, 1.165) is 39.1 Å². The van der Waals surface area contributed by atoms with Crippen molar-refractivity contribution in [2.24, 2.45) is 17.8 Å². The van der Waals surface area contributed by atoms with Gasteiger partial charge in [-0.15, -0.1) is 23.9 Å². The molecule has 3 N–H and O–H groups in total. The van der Waals surface area contributed by atoms with Gasteiger partial charge in [0.15, 0.2) is 0 Å². The summed E-state index contributed by atoms with van der Waals surface area (Å²) in [6.45, 7) is 13.0. The van der Waals surface area contributed by atoms with Crippen LogP contribution in [0.1, 0.15) is 57.8 Å². The number of carbonyl (C=O) groups excluding carboxylic acids is 1. The van der Waals surface area contributed by atoms with Crippen molar-refractivity contribution in [3.05, 3.63) is 0 Å². The van der Waals surface area contributed by atoms with E-state index in [9.17, 15) is 9.90 Å². The summed E-state index contributed by atoms with van der Waals surface area (Å²) >= 11 is 0. The zero-order valence-corrected chi connectivity index (χ0v) is 32.4. The average Bonchev–Trinajstić information content (AvgIpc) is 2.65. The molecule has 0 aliphatic heterocycles. The van der Waals surface area contributed by atoms with Crippen LogP contribution in [-0.4, -0.2) is 57.1 Å². The maximum Gasteiger partial charge on any atom is 1.00 e. The molecule has 0 radical (unpaired) electrons. The molecule has 3 saturated carbocycles. The van der Waals surface area contributed by atoms with Crippen molar-refractivity contribution in [2.75, 3.05) is 7.11 Å². The van der Waals surface area contributed by atoms with Gasteiger partial charge in [-0.05, 0) is 50.4 Å². The predicted molar refractivity (Wildman–Crippen MR) is 150 cm³/mol. The van der Waals surface area contributed by atoms with Crippen molar-refractivity contribution >= 4 is 22.4 Å². The Hall–Kier alpha value is 0.646. The third kappa shape index (κ3) is 25.0. The number of aliphatic hydroxyl groups is 3. The number of halogens is 1. The molecule has 36 heavy (non-hydrogen) atoms. The quantitative estimate of drug-likeness (QED) is 0.205. The summed E-state index contributed by atoms with van der Waals surface area (Å²) in [6.07, 6.45) is 21.0. The molecule has 2 unspecified atom stereocenters. The fourth-order valence-electron chi connectivity index (χ4n) is 2.63. The van der Waals surface area contributed by atoms with Crippen molar-refractivity contribution in [3.63, 3.8) is 0 Å². The molecular formula is C28H50CsFO4Si2. The summed E-state index contributed by atoms with van der Waals surface area (Å²) in [5, 5.41) is 25.5. The molecular weight excluding hydrogens is 608 g/mol. The first kappa shape index (κ1) is 43.7. The Kier molecular flexibility index (Phi) is 29.9. The maximum atomic E-state index is 9.79. The van der Waals surface area contributed by atoms with Crippen LogP contribution < -0.4 is 73.6 Å². The number of hydrogen-bond donors (Lipinski definition) is 3. The molecule has 0 amide bonds. The molecule has 202 valence electrons. The van der Waals surface area contributed by atoms with E-state index >= 15 is 0 Å². The van der Waals surface area contributed by atoms with Crippen LogP contribution in [0.5, 0.6) is 0 Å². The van der Waals surface area contributed by atoms with Crippen LogP contribution in [0.2, 0.25) is 39.3 Å². The van der Waals surface area contributed by atoms with Gasteiger partial charge in [-0.2, -0.15) is 0 Å².